The summed E-state index contributed by atoms with van der Waals surface area (Å²) in [5, 5.41) is 8.39. The van der Waals surface area contributed by atoms with E-state index in [-0.39, 0.29) is 17.8 Å². The highest BCUT2D eigenvalue weighted by molar-refractivity contribution is 7.80. The first kappa shape index (κ1) is 19.1. The molecular formula is C20H18FN5O2S. The van der Waals surface area contributed by atoms with Crippen LogP contribution in [0.1, 0.15) is 41.4 Å². The number of thiol groups is 1. The molecule has 0 saturated carbocycles. The lowest BCUT2D eigenvalue weighted by Crippen LogP contribution is -2.28. The summed E-state index contributed by atoms with van der Waals surface area (Å²) >= 11 is 4.32. The molecule has 0 spiro atoms. The predicted molar refractivity (Wildman–Crippen MR) is 108 cm³/mol. The van der Waals surface area contributed by atoms with Crippen LogP contribution in [-0.4, -0.2) is 25.7 Å². The Hall–Kier alpha value is -3.20. The van der Waals surface area contributed by atoms with Crippen molar-refractivity contribution in [2.75, 3.05) is 0 Å². The number of pyridine rings is 1. The van der Waals surface area contributed by atoms with Gasteiger partial charge in [0, 0.05) is 18.5 Å². The maximum atomic E-state index is 13.2. The third-order valence-corrected chi connectivity index (χ3v) is 4.90. The molecule has 9 heteroatoms. The van der Waals surface area contributed by atoms with Crippen molar-refractivity contribution >= 4 is 29.4 Å². The Morgan fingerprint density at radius 2 is 2.03 bits per heavy atom. The number of carbonyl (C=O) groups is 1. The summed E-state index contributed by atoms with van der Waals surface area (Å²) in [6.07, 6.45) is 5.31. The van der Waals surface area contributed by atoms with E-state index in [2.05, 4.69) is 33.0 Å². The van der Waals surface area contributed by atoms with Gasteiger partial charge in [0.05, 0.1) is 35.2 Å². The van der Waals surface area contributed by atoms with Crippen molar-refractivity contribution in [2.45, 2.75) is 31.3 Å². The Balaban J connectivity index is 1.68. The van der Waals surface area contributed by atoms with E-state index in [0.29, 0.717) is 45.3 Å². The maximum absolute atomic E-state index is 13.2. The summed E-state index contributed by atoms with van der Waals surface area (Å²) < 4.78 is 20.4. The van der Waals surface area contributed by atoms with Crippen LogP contribution in [0, 0.1) is 12.7 Å². The average molecular weight is 411 g/mol. The zero-order valence-corrected chi connectivity index (χ0v) is 16.7. The van der Waals surface area contributed by atoms with E-state index in [4.69, 9.17) is 4.42 Å². The van der Waals surface area contributed by atoms with Gasteiger partial charge in [-0.25, -0.2) is 14.1 Å². The van der Waals surface area contributed by atoms with Crippen molar-refractivity contribution in [3.63, 3.8) is 0 Å². The molecule has 0 aliphatic heterocycles. The molecule has 0 bridgehead atoms. The Labute approximate surface area is 171 Å². The summed E-state index contributed by atoms with van der Waals surface area (Å²) in [6.45, 7) is 3.66. The average Bonchev–Trinajstić information content (AvgIpc) is 3.29. The number of hydrogen-bond acceptors (Lipinski definition) is 6. The van der Waals surface area contributed by atoms with Crippen LogP contribution >= 0.6 is 12.6 Å². The SMILES string of the molecule is CC[C@H](NC(=O)c1cncc2c1cnn2-c1ccc(F)cc1)c1oc(C)nc1S. The van der Waals surface area contributed by atoms with Crippen LogP contribution in [0.15, 0.2) is 52.3 Å². The molecule has 0 aliphatic carbocycles. The predicted octanol–water partition coefficient (Wildman–Crippen LogP) is 4.03. The lowest BCUT2D eigenvalue weighted by Gasteiger charge is -2.15. The topological polar surface area (TPSA) is 85.8 Å². The van der Waals surface area contributed by atoms with E-state index in [1.807, 2.05) is 6.92 Å². The third-order valence-electron chi connectivity index (χ3n) is 4.58. The number of nitrogens with zero attached hydrogens (tertiary/aromatic N) is 4. The van der Waals surface area contributed by atoms with Gasteiger partial charge < -0.3 is 9.73 Å². The van der Waals surface area contributed by atoms with Crippen LogP contribution in [0.4, 0.5) is 4.39 Å². The van der Waals surface area contributed by atoms with Crippen LogP contribution in [0.2, 0.25) is 0 Å². The number of rotatable bonds is 5. The number of oxazole rings is 1. The zero-order chi connectivity index (χ0) is 20.5. The minimum atomic E-state index is -0.376. The molecule has 4 rings (SSSR count). The van der Waals surface area contributed by atoms with Crippen molar-refractivity contribution < 1.29 is 13.6 Å². The number of fused-ring (bicyclic) bond motifs is 1. The number of aryl methyl sites for hydroxylation is 1. The second-order valence-electron chi connectivity index (χ2n) is 6.51. The first-order chi connectivity index (χ1) is 14.0. The molecule has 1 atom stereocenters. The van der Waals surface area contributed by atoms with Crippen molar-refractivity contribution in [3.8, 4) is 5.69 Å². The summed E-state index contributed by atoms with van der Waals surface area (Å²) in [5.41, 5.74) is 1.69. The van der Waals surface area contributed by atoms with E-state index in [1.165, 1.54) is 18.3 Å². The lowest BCUT2D eigenvalue weighted by atomic mass is 10.1. The van der Waals surface area contributed by atoms with E-state index >= 15 is 0 Å². The molecule has 0 aliphatic rings. The molecular weight excluding hydrogens is 393 g/mol. The molecule has 4 aromatic rings. The van der Waals surface area contributed by atoms with Gasteiger partial charge in [-0.2, -0.15) is 5.10 Å². The van der Waals surface area contributed by atoms with E-state index in [0.717, 1.165) is 0 Å². The molecule has 29 heavy (non-hydrogen) atoms. The number of amides is 1. The third kappa shape index (κ3) is 3.61. The van der Waals surface area contributed by atoms with Crippen molar-refractivity contribution in [3.05, 3.63) is 65.9 Å². The summed E-state index contributed by atoms with van der Waals surface area (Å²) in [4.78, 5) is 21.3. The van der Waals surface area contributed by atoms with Crippen molar-refractivity contribution in [1.82, 2.24) is 25.1 Å². The fourth-order valence-electron chi connectivity index (χ4n) is 3.16. The molecule has 0 unspecified atom stereocenters. The highest BCUT2D eigenvalue weighted by atomic mass is 32.1. The molecule has 1 amide bonds. The normalized spacial score (nSPS) is 12.3. The Morgan fingerprint density at radius 3 is 2.69 bits per heavy atom. The van der Waals surface area contributed by atoms with Gasteiger partial charge >= 0.3 is 0 Å². The Morgan fingerprint density at radius 1 is 1.28 bits per heavy atom. The van der Waals surface area contributed by atoms with Gasteiger partial charge in [-0.1, -0.05) is 6.92 Å². The number of carbonyl (C=O) groups excluding carboxylic acids is 1. The Kier molecular flexibility index (Phi) is 5.06. The minimum Gasteiger partial charge on any atom is -0.443 e. The van der Waals surface area contributed by atoms with Crippen molar-refractivity contribution in [2.24, 2.45) is 0 Å². The quantitative estimate of drug-likeness (QED) is 0.485. The number of hydrogen-bond donors (Lipinski definition) is 2. The highest BCUT2D eigenvalue weighted by Crippen LogP contribution is 2.26. The smallest absolute Gasteiger partial charge is 0.254 e. The van der Waals surface area contributed by atoms with E-state index < -0.39 is 0 Å². The second-order valence-corrected chi connectivity index (χ2v) is 6.93. The second kappa shape index (κ2) is 7.67. The Bertz CT molecular complexity index is 1190. The van der Waals surface area contributed by atoms with Gasteiger partial charge in [0.25, 0.3) is 5.91 Å². The lowest BCUT2D eigenvalue weighted by molar-refractivity contribution is 0.0930. The number of halogens is 1. The molecule has 3 heterocycles. The van der Waals surface area contributed by atoms with Gasteiger partial charge in [0.15, 0.2) is 11.7 Å². The first-order valence-electron chi connectivity index (χ1n) is 9.02. The fourth-order valence-corrected chi connectivity index (χ4v) is 3.50. The van der Waals surface area contributed by atoms with Gasteiger partial charge in [-0.15, -0.1) is 12.6 Å². The van der Waals surface area contributed by atoms with Gasteiger partial charge in [-0.3, -0.25) is 9.78 Å². The highest BCUT2D eigenvalue weighted by Gasteiger charge is 2.23. The van der Waals surface area contributed by atoms with E-state index in [1.54, 1.807) is 36.1 Å². The molecule has 0 saturated heterocycles. The number of nitrogens with one attached hydrogen (secondary N) is 1. The van der Waals surface area contributed by atoms with E-state index in [9.17, 15) is 9.18 Å². The molecule has 148 valence electrons. The molecule has 1 N–H and O–H groups in total. The van der Waals surface area contributed by atoms with Crippen LogP contribution in [0.5, 0.6) is 0 Å². The number of benzene rings is 1. The van der Waals surface area contributed by atoms with Gasteiger partial charge in [0.1, 0.15) is 10.8 Å². The van der Waals surface area contributed by atoms with Gasteiger partial charge in [-0.05, 0) is 30.7 Å². The number of aromatic nitrogens is 4. The maximum Gasteiger partial charge on any atom is 0.254 e. The molecule has 0 fully saturated rings. The van der Waals surface area contributed by atoms with Crippen LogP contribution in [0.25, 0.3) is 16.6 Å². The standard InChI is InChI=1S/C20H18FN5O2S/c1-3-16(18-20(29)24-11(2)28-18)25-19(27)15-8-22-10-17-14(15)9-23-26(17)13-6-4-12(21)5-7-13/h4-10,16,29H,3H2,1-2H3,(H,25,27)/t16-/m0/s1. The van der Waals surface area contributed by atoms with Gasteiger partial charge in [0.2, 0.25) is 0 Å². The molecule has 0 radical (unpaired) electrons. The summed E-state index contributed by atoms with van der Waals surface area (Å²) in [7, 11) is 0. The molecule has 1 aromatic carbocycles. The van der Waals surface area contributed by atoms with Crippen LogP contribution in [-0.2, 0) is 0 Å². The largest absolute Gasteiger partial charge is 0.443 e. The first-order valence-corrected chi connectivity index (χ1v) is 9.47. The van der Waals surface area contributed by atoms with Crippen LogP contribution < -0.4 is 5.32 Å². The monoisotopic (exact) mass is 411 g/mol. The fraction of sp³-hybridized carbons (Fsp3) is 0.200. The molecule has 3 aromatic heterocycles. The molecule has 7 nitrogen and oxygen atoms in total. The van der Waals surface area contributed by atoms with Crippen molar-refractivity contribution in [1.29, 1.82) is 0 Å². The van der Waals surface area contributed by atoms with Crippen LogP contribution in [0.3, 0.4) is 0 Å². The summed E-state index contributed by atoms with van der Waals surface area (Å²) in [5.74, 6) is 0.362. The summed E-state index contributed by atoms with van der Waals surface area (Å²) in [6, 6.07) is 5.56. The minimum absolute atomic E-state index is 0.310. The zero-order valence-electron chi connectivity index (χ0n) is 15.8.